The van der Waals surface area contributed by atoms with Gasteiger partial charge in [-0.25, -0.2) is 0 Å². The van der Waals surface area contributed by atoms with Crippen molar-refractivity contribution in [3.63, 3.8) is 0 Å². The van der Waals surface area contributed by atoms with Crippen LogP contribution in [-0.4, -0.2) is 15.6 Å². The lowest BCUT2D eigenvalue weighted by atomic mass is 10.3. The third kappa shape index (κ3) is 1.91. The van der Waals surface area contributed by atoms with E-state index in [1.54, 1.807) is 0 Å². The number of benzene rings is 1. The zero-order valence-corrected chi connectivity index (χ0v) is 8.50. The van der Waals surface area contributed by atoms with Gasteiger partial charge in [0, 0.05) is 12.3 Å². The summed E-state index contributed by atoms with van der Waals surface area (Å²) in [6.45, 7) is 0. The fourth-order valence-corrected chi connectivity index (χ4v) is 2.07. The number of phenolic OH excluding ortho intramolecular Hbond substituents is 1. The lowest BCUT2D eigenvalue weighted by Crippen LogP contribution is -1.88. The Balaban J connectivity index is 3.33. The maximum absolute atomic E-state index is 11.0. The van der Waals surface area contributed by atoms with Gasteiger partial charge in [-0.1, -0.05) is 23.2 Å². The van der Waals surface area contributed by atoms with Gasteiger partial charge in [-0.05, 0) is 6.07 Å². The number of hydrogen-bond donors (Lipinski definition) is 1. The smallest absolute Gasteiger partial charge is 0.135 e. The summed E-state index contributed by atoms with van der Waals surface area (Å²) in [4.78, 5) is 0.430. The van der Waals surface area contributed by atoms with Gasteiger partial charge in [0.1, 0.15) is 5.75 Å². The molecule has 5 heteroatoms. The van der Waals surface area contributed by atoms with E-state index in [4.69, 9.17) is 28.3 Å². The average Bonchev–Trinajstić information content (AvgIpc) is 1.96. The van der Waals surface area contributed by atoms with Gasteiger partial charge >= 0.3 is 0 Å². The van der Waals surface area contributed by atoms with Gasteiger partial charge in [-0.3, -0.25) is 4.21 Å². The van der Waals surface area contributed by atoms with Crippen molar-refractivity contribution in [3.8, 4) is 5.75 Å². The minimum atomic E-state index is -1.19. The van der Waals surface area contributed by atoms with Gasteiger partial charge in [-0.15, -0.1) is 0 Å². The predicted octanol–water partition coefficient (Wildman–Crippen LogP) is 2.44. The monoisotopic (exact) mass is 224 g/mol. The summed E-state index contributed by atoms with van der Waals surface area (Å²) in [5, 5.41) is 9.51. The van der Waals surface area contributed by atoms with Gasteiger partial charge in [0.05, 0.1) is 25.7 Å². The second-order valence-electron chi connectivity index (χ2n) is 2.19. The quantitative estimate of drug-likeness (QED) is 0.796. The first kappa shape index (κ1) is 9.84. The summed E-state index contributed by atoms with van der Waals surface area (Å²) < 4.78 is 11.0. The van der Waals surface area contributed by atoms with Crippen molar-refractivity contribution in [1.29, 1.82) is 0 Å². The summed E-state index contributed by atoms with van der Waals surface area (Å²) >= 11 is 11.3. The fourth-order valence-electron chi connectivity index (χ4n) is 0.738. The second kappa shape index (κ2) is 3.64. The Labute approximate surface area is 82.6 Å². The van der Waals surface area contributed by atoms with E-state index in [1.807, 2.05) is 0 Å². The standard InChI is InChI=1S/C7H6Cl2O2S/c1-12(11)7-3-4(8)6(10)2-5(7)9/h2-3,10H,1H3. The number of phenols is 1. The van der Waals surface area contributed by atoms with E-state index < -0.39 is 10.8 Å². The molecular formula is C7H6Cl2O2S. The fraction of sp³-hybridized carbons (Fsp3) is 0.143. The molecule has 12 heavy (non-hydrogen) atoms. The van der Waals surface area contributed by atoms with Crippen LogP contribution in [0.3, 0.4) is 0 Å². The van der Waals surface area contributed by atoms with Crippen LogP contribution >= 0.6 is 23.2 Å². The van der Waals surface area contributed by atoms with Crippen LogP contribution in [-0.2, 0) is 10.8 Å². The Kier molecular flexibility index (Phi) is 2.99. The van der Waals surface area contributed by atoms with E-state index in [-0.39, 0.29) is 15.8 Å². The number of hydrogen-bond acceptors (Lipinski definition) is 2. The van der Waals surface area contributed by atoms with Crippen LogP contribution in [0.4, 0.5) is 0 Å². The molecule has 0 bridgehead atoms. The third-order valence-corrected chi connectivity index (χ3v) is 3.00. The van der Waals surface area contributed by atoms with E-state index in [9.17, 15) is 4.21 Å². The zero-order chi connectivity index (χ0) is 9.30. The Morgan fingerprint density at radius 2 is 1.92 bits per heavy atom. The lowest BCUT2D eigenvalue weighted by Gasteiger charge is -2.02. The van der Waals surface area contributed by atoms with E-state index in [0.717, 1.165) is 0 Å². The lowest BCUT2D eigenvalue weighted by molar-refractivity contribution is 0.475. The van der Waals surface area contributed by atoms with Crippen molar-refractivity contribution in [1.82, 2.24) is 0 Å². The highest BCUT2D eigenvalue weighted by molar-refractivity contribution is 7.84. The van der Waals surface area contributed by atoms with Crippen molar-refractivity contribution in [2.75, 3.05) is 6.26 Å². The van der Waals surface area contributed by atoms with Crippen molar-refractivity contribution in [3.05, 3.63) is 22.2 Å². The molecule has 1 aromatic carbocycles. The molecule has 0 heterocycles. The molecule has 2 nitrogen and oxygen atoms in total. The summed E-state index contributed by atoms with van der Waals surface area (Å²) in [7, 11) is -1.19. The highest BCUT2D eigenvalue weighted by Gasteiger charge is 2.08. The second-order valence-corrected chi connectivity index (χ2v) is 4.35. The van der Waals surface area contributed by atoms with Gasteiger partial charge in [0.2, 0.25) is 0 Å². The minimum Gasteiger partial charge on any atom is -0.506 e. The highest BCUT2D eigenvalue weighted by atomic mass is 35.5. The Bertz CT molecular complexity index is 338. The topological polar surface area (TPSA) is 37.3 Å². The number of aromatic hydroxyl groups is 1. The van der Waals surface area contributed by atoms with Crippen molar-refractivity contribution in [2.45, 2.75) is 4.90 Å². The van der Waals surface area contributed by atoms with Crippen LogP contribution < -0.4 is 0 Å². The summed E-state index contributed by atoms with van der Waals surface area (Å²) in [5.74, 6) is -0.101. The molecule has 0 aliphatic rings. The van der Waals surface area contributed by atoms with Crippen LogP contribution in [0.1, 0.15) is 0 Å². The molecule has 0 spiro atoms. The van der Waals surface area contributed by atoms with Crippen molar-refractivity contribution >= 4 is 34.0 Å². The summed E-state index contributed by atoms with van der Waals surface area (Å²) in [5.41, 5.74) is 0. The molecule has 1 aromatic rings. The Morgan fingerprint density at radius 1 is 1.33 bits per heavy atom. The molecule has 1 unspecified atom stereocenters. The van der Waals surface area contributed by atoms with E-state index in [1.165, 1.54) is 18.4 Å². The van der Waals surface area contributed by atoms with E-state index >= 15 is 0 Å². The molecule has 0 aliphatic carbocycles. The summed E-state index contributed by atoms with van der Waals surface area (Å²) in [6.07, 6.45) is 1.49. The Hall–Kier alpha value is -0.250. The maximum atomic E-state index is 11.0. The molecule has 1 rings (SSSR count). The first-order valence-corrected chi connectivity index (χ1v) is 5.35. The van der Waals surface area contributed by atoms with Crippen LogP contribution in [0.5, 0.6) is 5.75 Å². The molecule has 1 N–H and O–H groups in total. The van der Waals surface area contributed by atoms with Crippen molar-refractivity contribution < 1.29 is 9.32 Å². The van der Waals surface area contributed by atoms with Crippen molar-refractivity contribution in [2.24, 2.45) is 0 Å². The molecule has 0 amide bonds. The van der Waals surface area contributed by atoms with Crippen LogP contribution in [0, 0.1) is 0 Å². The molecule has 0 saturated carbocycles. The van der Waals surface area contributed by atoms with E-state index in [0.29, 0.717) is 4.90 Å². The molecule has 0 radical (unpaired) electrons. The van der Waals surface area contributed by atoms with Gasteiger partial charge in [-0.2, -0.15) is 0 Å². The first-order chi connectivity index (χ1) is 5.52. The third-order valence-electron chi connectivity index (χ3n) is 1.31. The Morgan fingerprint density at radius 3 is 2.42 bits per heavy atom. The highest BCUT2D eigenvalue weighted by Crippen LogP contribution is 2.31. The molecule has 0 aromatic heterocycles. The minimum absolute atomic E-state index is 0.101. The maximum Gasteiger partial charge on any atom is 0.135 e. The SMILES string of the molecule is CS(=O)c1cc(Cl)c(O)cc1Cl. The van der Waals surface area contributed by atoms with Gasteiger partial charge in [0.15, 0.2) is 0 Å². The molecule has 0 saturated heterocycles. The molecule has 66 valence electrons. The molecular weight excluding hydrogens is 219 g/mol. The van der Waals surface area contributed by atoms with E-state index in [2.05, 4.69) is 0 Å². The predicted molar refractivity (Wildman–Crippen MR) is 50.5 cm³/mol. The molecule has 0 aliphatic heterocycles. The number of halogens is 2. The summed E-state index contributed by atoms with van der Waals surface area (Å²) in [6, 6.07) is 2.68. The van der Waals surface area contributed by atoms with Crippen LogP contribution in [0.2, 0.25) is 10.0 Å². The normalized spacial score (nSPS) is 12.9. The van der Waals surface area contributed by atoms with Gasteiger partial charge in [0.25, 0.3) is 0 Å². The molecule has 0 fully saturated rings. The van der Waals surface area contributed by atoms with Crippen LogP contribution in [0.15, 0.2) is 17.0 Å². The number of rotatable bonds is 1. The van der Waals surface area contributed by atoms with Crippen LogP contribution in [0.25, 0.3) is 0 Å². The average molecular weight is 225 g/mol. The van der Waals surface area contributed by atoms with Gasteiger partial charge < -0.3 is 5.11 Å². The largest absolute Gasteiger partial charge is 0.506 e. The molecule has 1 atom stereocenters. The first-order valence-electron chi connectivity index (χ1n) is 3.04. The zero-order valence-electron chi connectivity index (χ0n) is 6.17.